The molecule has 0 saturated heterocycles. The van der Waals surface area contributed by atoms with Gasteiger partial charge in [0.2, 0.25) is 10.0 Å². The van der Waals surface area contributed by atoms with Crippen LogP contribution in [0.15, 0.2) is 17.0 Å². The molecule has 1 fully saturated rings. The topological polar surface area (TPSA) is 57.7 Å². The molecule has 0 aliphatic heterocycles. The highest BCUT2D eigenvalue weighted by atomic mass is 32.2. The van der Waals surface area contributed by atoms with Gasteiger partial charge in [-0.1, -0.05) is 13.8 Å². The zero-order chi connectivity index (χ0) is 18.2. The van der Waals surface area contributed by atoms with E-state index in [4.69, 9.17) is 0 Å². The molecule has 1 amide bonds. The number of nitrogens with zero attached hydrogens (tertiary/aromatic N) is 2. The number of carbonyl (C=O) groups excluding carboxylic acids is 1. The van der Waals surface area contributed by atoms with E-state index >= 15 is 0 Å². The van der Waals surface area contributed by atoms with Gasteiger partial charge in [0.15, 0.2) is 0 Å². The molecule has 2 rings (SSSR count). The maximum atomic E-state index is 13.0. The van der Waals surface area contributed by atoms with Gasteiger partial charge in [-0.15, -0.1) is 0 Å². The molecule has 1 aliphatic carbocycles. The van der Waals surface area contributed by atoms with E-state index in [2.05, 4.69) is 13.8 Å². The molecule has 0 aromatic heterocycles. The third kappa shape index (κ3) is 3.81. The van der Waals surface area contributed by atoms with Gasteiger partial charge in [0.1, 0.15) is 0 Å². The Morgan fingerprint density at radius 1 is 1.21 bits per heavy atom. The van der Waals surface area contributed by atoms with Crippen LogP contribution in [0.4, 0.5) is 0 Å². The van der Waals surface area contributed by atoms with Gasteiger partial charge < -0.3 is 4.90 Å². The Labute approximate surface area is 145 Å². The van der Waals surface area contributed by atoms with Crippen molar-refractivity contribution in [3.8, 4) is 0 Å². The van der Waals surface area contributed by atoms with Crippen molar-refractivity contribution in [3.05, 3.63) is 28.8 Å². The van der Waals surface area contributed by atoms with Crippen LogP contribution in [0.1, 0.15) is 48.2 Å². The molecule has 0 unspecified atom stereocenters. The van der Waals surface area contributed by atoms with Crippen molar-refractivity contribution in [1.29, 1.82) is 0 Å². The van der Waals surface area contributed by atoms with Crippen LogP contribution < -0.4 is 0 Å². The minimum Gasteiger partial charge on any atom is -0.335 e. The first-order chi connectivity index (χ1) is 11.1. The van der Waals surface area contributed by atoms with Crippen molar-refractivity contribution >= 4 is 15.9 Å². The molecule has 1 saturated carbocycles. The van der Waals surface area contributed by atoms with Crippen LogP contribution in [-0.4, -0.2) is 50.2 Å². The molecule has 0 N–H and O–H groups in total. The molecule has 0 atom stereocenters. The van der Waals surface area contributed by atoms with E-state index in [0.29, 0.717) is 29.6 Å². The van der Waals surface area contributed by atoms with Gasteiger partial charge in [-0.2, -0.15) is 0 Å². The summed E-state index contributed by atoms with van der Waals surface area (Å²) in [7, 11) is -0.561. The summed E-state index contributed by atoms with van der Waals surface area (Å²) in [4.78, 5) is 15.1. The second kappa shape index (κ2) is 6.84. The molecule has 0 bridgehead atoms. The summed E-state index contributed by atoms with van der Waals surface area (Å²) in [5.41, 5.74) is 1.98. The van der Waals surface area contributed by atoms with Crippen LogP contribution in [0.2, 0.25) is 0 Å². The fourth-order valence-corrected chi connectivity index (χ4v) is 3.98. The lowest BCUT2D eigenvalue weighted by Gasteiger charge is -2.25. The number of carbonyl (C=O) groups is 1. The van der Waals surface area contributed by atoms with Gasteiger partial charge in [-0.05, 0) is 55.9 Å². The normalized spacial score (nSPS) is 15.2. The summed E-state index contributed by atoms with van der Waals surface area (Å²) in [5.74, 6) is 0.315. The predicted molar refractivity (Wildman–Crippen MR) is 95.7 cm³/mol. The highest BCUT2D eigenvalue weighted by Gasteiger charge is 2.34. The molecule has 1 aromatic carbocycles. The molecule has 5 nitrogen and oxygen atoms in total. The van der Waals surface area contributed by atoms with Gasteiger partial charge >= 0.3 is 0 Å². The second-order valence-corrected chi connectivity index (χ2v) is 9.41. The van der Waals surface area contributed by atoms with Crippen LogP contribution in [0.25, 0.3) is 0 Å². The quantitative estimate of drug-likeness (QED) is 0.791. The Kier molecular flexibility index (Phi) is 5.40. The first kappa shape index (κ1) is 18.9. The highest BCUT2D eigenvalue weighted by molar-refractivity contribution is 7.89. The molecular formula is C18H28N2O3S. The van der Waals surface area contributed by atoms with Gasteiger partial charge in [-0.3, -0.25) is 4.79 Å². The lowest BCUT2D eigenvalue weighted by Crippen LogP contribution is -2.36. The molecule has 1 aliphatic rings. The van der Waals surface area contributed by atoms with Crippen molar-refractivity contribution in [2.75, 3.05) is 20.6 Å². The monoisotopic (exact) mass is 352 g/mol. The third-order valence-corrected chi connectivity index (χ3v) is 6.38. The molecule has 24 heavy (non-hydrogen) atoms. The molecule has 6 heteroatoms. The summed E-state index contributed by atoms with van der Waals surface area (Å²) in [5, 5.41) is 0. The van der Waals surface area contributed by atoms with Crippen LogP contribution in [0.3, 0.4) is 0 Å². The Morgan fingerprint density at radius 2 is 1.79 bits per heavy atom. The Morgan fingerprint density at radius 3 is 2.25 bits per heavy atom. The number of sulfonamides is 1. The molecule has 0 spiro atoms. The van der Waals surface area contributed by atoms with Gasteiger partial charge in [0.25, 0.3) is 5.91 Å². The first-order valence-electron chi connectivity index (χ1n) is 8.40. The van der Waals surface area contributed by atoms with Crippen molar-refractivity contribution in [3.63, 3.8) is 0 Å². The van der Waals surface area contributed by atoms with Crippen LogP contribution in [-0.2, 0) is 10.0 Å². The Bertz CT molecular complexity index is 735. The number of hydrogen-bond acceptors (Lipinski definition) is 3. The molecule has 1 aromatic rings. The summed E-state index contributed by atoms with van der Waals surface area (Å²) < 4.78 is 26.3. The van der Waals surface area contributed by atoms with Crippen molar-refractivity contribution < 1.29 is 13.2 Å². The number of aryl methyl sites for hydroxylation is 1. The average Bonchev–Trinajstić information content (AvgIpc) is 3.30. The Balaban J connectivity index is 2.47. The van der Waals surface area contributed by atoms with Gasteiger partial charge in [0.05, 0.1) is 4.90 Å². The second-order valence-electron chi connectivity index (χ2n) is 7.29. The lowest BCUT2D eigenvalue weighted by molar-refractivity contribution is 0.0722. The van der Waals surface area contributed by atoms with Crippen molar-refractivity contribution in [1.82, 2.24) is 9.21 Å². The van der Waals surface area contributed by atoms with Crippen LogP contribution in [0.5, 0.6) is 0 Å². The van der Waals surface area contributed by atoms with E-state index in [1.165, 1.54) is 24.5 Å². The predicted octanol–water partition coefficient (Wildman–Crippen LogP) is 2.81. The maximum Gasteiger partial charge on any atom is 0.254 e. The van der Waals surface area contributed by atoms with Crippen LogP contribution >= 0.6 is 0 Å². The largest absolute Gasteiger partial charge is 0.335 e. The van der Waals surface area contributed by atoms with Crippen molar-refractivity contribution in [2.24, 2.45) is 5.92 Å². The molecule has 0 radical (unpaired) electrons. The number of amides is 1. The SMILES string of the molecule is Cc1cc(C(=O)N(CC(C)C)C2CC2)cc(S(=O)(=O)N(C)C)c1C. The molecule has 134 valence electrons. The van der Waals surface area contributed by atoms with E-state index < -0.39 is 10.0 Å². The Hall–Kier alpha value is -1.40. The number of rotatable bonds is 6. The zero-order valence-electron chi connectivity index (χ0n) is 15.5. The summed E-state index contributed by atoms with van der Waals surface area (Å²) in [6.45, 7) is 8.51. The minimum atomic E-state index is -3.58. The summed E-state index contributed by atoms with van der Waals surface area (Å²) in [6, 6.07) is 3.65. The maximum absolute atomic E-state index is 13.0. The minimum absolute atomic E-state index is 0.0653. The fraction of sp³-hybridized carbons (Fsp3) is 0.611. The van der Waals surface area contributed by atoms with E-state index in [-0.39, 0.29) is 10.8 Å². The average molecular weight is 353 g/mol. The smallest absolute Gasteiger partial charge is 0.254 e. The van der Waals surface area contributed by atoms with E-state index in [1.807, 2.05) is 17.9 Å². The first-order valence-corrected chi connectivity index (χ1v) is 9.84. The molecular weight excluding hydrogens is 324 g/mol. The van der Waals surface area contributed by atoms with E-state index in [1.54, 1.807) is 6.92 Å². The fourth-order valence-electron chi connectivity index (χ4n) is 2.76. The van der Waals surface area contributed by atoms with E-state index in [9.17, 15) is 13.2 Å². The van der Waals surface area contributed by atoms with Gasteiger partial charge in [-0.25, -0.2) is 12.7 Å². The lowest BCUT2D eigenvalue weighted by atomic mass is 10.0. The van der Waals surface area contributed by atoms with Crippen LogP contribution in [0, 0.1) is 19.8 Å². The van der Waals surface area contributed by atoms with E-state index in [0.717, 1.165) is 18.4 Å². The standard InChI is InChI=1S/C18H28N2O3S/c1-12(2)11-20(16-7-8-16)18(21)15-9-13(3)14(4)17(10-15)24(22,23)19(5)6/h9-10,12,16H,7-8,11H2,1-6H3. The number of benzene rings is 1. The summed E-state index contributed by atoms with van der Waals surface area (Å²) >= 11 is 0. The van der Waals surface area contributed by atoms with Gasteiger partial charge in [0, 0.05) is 32.2 Å². The molecule has 0 heterocycles. The summed E-state index contributed by atoms with van der Waals surface area (Å²) in [6.07, 6.45) is 2.07. The zero-order valence-corrected chi connectivity index (χ0v) is 16.3. The third-order valence-electron chi connectivity index (χ3n) is 4.44. The number of hydrogen-bond donors (Lipinski definition) is 0. The highest BCUT2D eigenvalue weighted by Crippen LogP contribution is 2.30. The van der Waals surface area contributed by atoms with Crippen molar-refractivity contribution in [2.45, 2.75) is 51.5 Å².